The molecular formula is C26H38N2O3. The summed E-state index contributed by atoms with van der Waals surface area (Å²) in [6, 6.07) is 5.71. The topological polar surface area (TPSA) is 75.3 Å². The normalized spacial score (nSPS) is 21.1. The Morgan fingerprint density at radius 2 is 1.68 bits per heavy atom. The predicted octanol–water partition coefficient (Wildman–Crippen LogP) is 2.48. The Balaban J connectivity index is 2.06. The number of carbonyl (C=O) groups excluding carboxylic acids is 3. The van der Waals surface area contributed by atoms with E-state index in [0.717, 1.165) is 41.7 Å². The molecule has 2 N–H and O–H groups in total. The number of amides is 2. The third-order valence-corrected chi connectivity index (χ3v) is 6.30. The summed E-state index contributed by atoms with van der Waals surface area (Å²) in [6.07, 6.45) is 8.09. The Morgan fingerprint density at radius 1 is 1.03 bits per heavy atom. The molecule has 1 aliphatic carbocycles. The summed E-state index contributed by atoms with van der Waals surface area (Å²) in [7, 11) is 0. The molecule has 1 unspecified atom stereocenters. The van der Waals surface area contributed by atoms with E-state index in [1.165, 1.54) is 6.92 Å². The lowest BCUT2D eigenvalue weighted by Crippen LogP contribution is -2.47. The maximum absolute atomic E-state index is 13.0. The molecule has 31 heavy (non-hydrogen) atoms. The number of rotatable bonds is 8. The molecule has 170 valence electrons. The zero-order valence-corrected chi connectivity index (χ0v) is 19.7. The van der Waals surface area contributed by atoms with Gasteiger partial charge < -0.3 is 10.6 Å². The highest BCUT2D eigenvalue weighted by atomic mass is 16.2. The standard InChI is InChI=1S/C26H38N2O3/c1-6-21-11-10-20(14-22(21)7-2)15-24(25(30)17(3)4)28-26(31)23-12-8-19(9-13-23)16-27-18(5)29/h6-7,10-11,14,17,19,23-24H,8-9,12-13,15-16H2,1-5H3,(H,27,29)(H,28,31)/b21-6-,22-7-. The minimum atomic E-state index is -0.509. The number of nitrogens with one attached hydrogen (secondary N) is 2. The van der Waals surface area contributed by atoms with Crippen LogP contribution in [0.5, 0.6) is 0 Å². The quantitative estimate of drug-likeness (QED) is 0.671. The molecule has 0 radical (unpaired) electrons. The molecule has 2 rings (SSSR count). The van der Waals surface area contributed by atoms with E-state index >= 15 is 0 Å². The van der Waals surface area contributed by atoms with E-state index < -0.39 is 6.04 Å². The lowest BCUT2D eigenvalue weighted by molar-refractivity contribution is -0.132. The molecule has 0 aromatic heterocycles. The fourth-order valence-corrected chi connectivity index (χ4v) is 4.33. The van der Waals surface area contributed by atoms with E-state index in [1.807, 2.05) is 33.8 Å². The van der Waals surface area contributed by atoms with Crippen LogP contribution in [0.2, 0.25) is 0 Å². The number of ketones is 1. The summed E-state index contributed by atoms with van der Waals surface area (Å²) in [6.45, 7) is 10.00. The van der Waals surface area contributed by atoms with E-state index in [1.54, 1.807) is 0 Å². The summed E-state index contributed by atoms with van der Waals surface area (Å²) in [5, 5.41) is 8.25. The first-order valence-electron chi connectivity index (χ1n) is 11.5. The van der Waals surface area contributed by atoms with Crippen molar-refractivity contribution in [2.24, 2.45) is 17.8 Å². The number of hydrogen-bond donors (Lipinski definition) is 2. The number of benzene rings is 1. The summed E-state index contributed by atoms with van der Waals surface area (Å²) in [4.78, 5) is 37.0. The highest BCUT2D eigenvalue weighted by molar-refractivity contribution is 5.91. The van der Waals surface area contributed by atoms with Crippen LogP contribution in [0.3, 0.4) is 0 Å². The van der Waals surface area contributed by atoms with Crippen molar-refractivity contribution in [1.29, 1.82) is 0 Å². The van der Waals surface area contributed by atoms with Gasteiger partial charge in [-0.25, -0.2) is 0 Å². The molecule has 1 saturated carbocycles. The van der Waals surface area contributed by atoms with Gasteiger partial charge in [0.2, 0.25) is 11.8 Å². The SMILES string of the molecule is C/C=c1/ccc(CC(NC(=O)C2CCC(CNC(C)=O)CC2)C(=O)C(C)C)c/c1=C/C. The maximum Gasteiger partial charge on any atom is 0.223 e. The van der Waals surface area contributed by atoms with Crippen LogP contribution in [-0.4, -0.2) is 30.2 Å². The van der Waals surface area contributed by atoms with Gasteiger partial charge in [0.1, 0.15) is 0 Å². The van der Waals surface area contributed by atoms with Crippen LogP contribution >= 0.6 is 0 Å². The molecule has 1 aromatic carbocycles. The summed E-state index contributed by atoms with van der Waals surface area (Å²) < 4.78 is 0. The van der Waals surface area contributed by atoms with Gasteiger partial charge in [-0.05, 0) is 67.9 Å². The molecular weight excluding hydrogens is 388 g/mol. The Kier molecular flexibility index (Phi) is 9.47. The van der Waals surface area contributed by atoms with Gasteiger partial charge in [0.15, 0.2) is 5.78 Å². The molecule has 1 aliphatic rings. The van der Waals surface area contributed by atoms with Crippen molar-refractivity contribution < 1.29 is 14.4 Å². The second-order valence-electron chi connectivity index (χ2n) is 9.02. The van der Waals surface area contributed by atoms with Crippen LogP contribution in [0.15, 0.2) is 18.2 Å². The van der Waals surface area contributed by atoms with Gasteiger partial charge in [0.25, 0.3) is 0 Å². The second-order valence-corrected chi connectivity index (χ2v) is 9.02. The molecule has 1 aromatic rings. The van der Waals surface area contributed by atoms with Crippen molar-refractivity contribution in [3.05, 3.63) is 34.2 Å². The Hall–Kier alpha value is -2.43. The summed E-state index contributed by atoms with van der Waals surface area (Å²) >= 11 is 0. The van der Waals surface area contributed by atoms with Crippen LogP contribution in [0.4, 0.5) is 0 Å². The van der Waals surface area contributed by atoms with Crippen molar-refractivity contribution >= 4 is 29.7 Å². The Morgan fingerprint density at radius 3 is 2.23 bits per heavy atom. The van der Waals surface area contributed by atoms with Crippen molar-refractivity contribution in [3.63, 3.8) is 0 Å². The minimum Gasteiger partial charge on any atom is -0.356 e. The highest BCUT2D eigenvalue weighted by Crippen LogP contribution is 2.28. The molecule has 0 bridgehead atoms. The lowest BCUT2D eigenvalue weighted by atomic mass is 9.81. The molecule has 0 heterocycles. The summed E-state index contributed by atoms with van der Waals surface area (Å²) in [5.74, 6) is 0.271. The van der Waals surface area contributed by atoms with Crippen molar-refractivity contribution in [1.82, 2.24) is 10.6 Å². The van der Waals surface area contributed by atoms with Crippen LogP contribution in [0.25, 0.3) is 12.2 Å². The zero-order valence-electron chi connectivity index (χ0n) is 19.7. The van der Waals surface area contributed by atoms with Gasteiger partial charge in [0, 0.05) is 25.3 Å². The largest absolute Gasteiger partial charge is 0.356 e. The second kappa shape index (κ2) is 11.8. The van der Waals surface area contributed by atoms with Gasteiger partial charge in [0.05, 0.1) is 6.04 Å². The molecule has 0 aliphatic heterocycles. The molecule has 0 spiro atoms. The third kappa shape index (κ3) is 7.34. The van der Waals surface area contributed by atoms with Gasteiger partial charge in [-0.15, -0.1) is 0 Å². The van der Waals surface area contributed by atoms with E-state index in [9.17, 15) is 14.4 Å². The highest BCUT2D eigenvalue weighted by Gasteiger charge is 2.30. The molecule has 0 saturated heterocycles. The van der Waals surface area contributed by atoms with Crippen molar-refractivity contribution in [2.75, 3.05) is 6.54 Å². The first-order chi connectivity index (χ1) is 14.7. The zero-order chi connectivity index (χ0) is 23.0. The van der Waals surface area contributed by atoms with E-state index in [0.29, 0.717) is 18.9 Å². The van der Waals surface area contributed by atoms with Crippen molar-refractivity contribution in [3.8, 4) is 0 Å². The van der Waals surface area contributed by atoms with Crippen molar-refractivity contribution in [2.45, 2.75) is 72.8 Å². The Bertz CT molecular complexity index is 896. The predicted molar refractivity (Wildman–Crippen MR) is 126 cm³/mol. The fourth-order valence-electron chi connectivity index (χ4n) is 4.33. The van der Waals surface area contributed by atoms with E-state index in [4.69, 9.17) is 0 Å². The molecule has 5 nitrogen and oxygen atoms in total. The molecule has 5 heteroatoms. The van der Waals surface area contributed by atoms with Crippen LogP contribution in [-0.2, 0) is 20.8 Å². The number of Topliss-reactive ketones (excluding diaryl/α,β-unsaturated/α-hetero) is 1. The molecule has 2 amide bonds. The van der Waals surface area contributed by atoms with E-state index in [2.05, 4.69) is 34.9 Å². The van der Waals surface area contributed by atoms with E-state index in [-0.39, 0.29) is 29.4 Å². The van der Waals surface area contributed by atoms with Gasteiger partial charge in [-0.3, -0.25) is 14.4 Å². The Labute approximate surface area is 186 Å². The van der Waals surface area contributed by atoms with Gasteiger partial charge >= 0.3 is 0 Å². The lowest BCUT2D eigenvalue weighted by Gasteiger charge is -2.29. The smallest absolute Gasteiger partial charge is 0.223 e. The average Bonchev–Trinajstić information content (AvgIpc) is 2.76. The third-order valence-electron chi connectivity index (χ3n) is 6.30. The minimum absolute atomic E-state index is 0.0106. The van der Waals surface area contributed by atoms with Crippen LogP contribution in [0.1, 0.15) is 65.9 Å². The maximum atomic E-state index is 13.0. The van der Waals surface area contributed by atoms with Crippen LogP contribution in [0, 0.1) is 17.8 Å². The first-order valence-corrected chi connectivity index (χ1v) is 11.5. The molecule has 1 atom stereocenters. The molecule has 1 fully saturated rings. The fraction of sp³-hybridized carbons (Fsp3) is 0.577. The van der Waals surface area contributed by atoms with Gasteiger partial charge in [-0.1, -0.05) is 44.2 Å². The van der Waals surface area contributed by atoms with Gasteiger partial charge in [-0.2, -0.15) is 0 Å². The average molecular weight is 427 g/mol. The summed E-state index contributed by atoms with van der Waals surface area (Å²) in [5.41, 5.74) is 1.05. The van der Waals surface area contributed by atoms with Crippen LogP contribution < -0.4 is 21.1 Å². The number of hydrogen-bond acceptors (Lipinski definition) is 3. The number of carbonyl (C=O) groups is 3. The monoisotopic (exact) mass is 426 g/mol. The first kappa shape index (κ1) is 24.8.